The molecule has 2 aliphatic carbocycles. The molecule has 2 saturated carbocycles. The molecule has 0 unspecified atom stereocenters. The number of rotatable bonds is 4. The van der Waals surface area contributed by atoms with E-state index in [0.29, 0.717) is 30.5 Å². The molecule has 2 fully saturated rings. The van der Waals surface area contributed by atoms with Crippen molar-refractivity contribution in [1.29, 1.82) is 0 Å². The molecule has 1 aromatic heterocycles. The number of alkyl halides is 3. The predicted molar refractivity (Wildman–Crippen MR) is 125 cm³/mol. The van der Waals surface area contributed by atoms with Gasteiger partial charge in [-0.3, -0.25) is 4.90 Å². The van der Waals surface area contributed by atoms with Gasteiger partial charge in [0, 0.05) is 42.0 Å². The Balaban J connectivity index is 0.00000259. The maximum Gasteiger partial charge on any atom is 0.451 e. The average Bonchev–Trinajstić information content (AvgIpc) is 3.63. The maximum atomic E-state index is 13.4. The Morgan fingerprint density at radius 2 is 1.85 bits per heavy atom. The van der Waals surface area contributed by atoms with Crippen molar-refractivity contribution < 1.29 is 13.2 Å². The van der Waals surface area contributed by atoms with Gasteiger partial charge in [-0.05, 0) is 68.2 Å². The third kappa shape index (κ3) is 4.88. The zero-order valence-corrected chi connectivity index (χ0v) is 19.9. The number of benzene rings is 1. The zero-order chi connectivity index (χ0) is 22.5. The lowest BCUT2D eigenvalue weighted by Gasteiger charge is -2.44. The van der Waals surface area contributed by atoms with Crippen molar-refractivity contribution >= 4 is 24.0 Å². The smallest absolute Gasteiger partial charge is 0.330 e. The molecule has 0 atom stereocenters. The minimum absolute atomic E-state index is 0. The first-order valence-electron chi connectivity index (χ1n) is 11.5. The fourth-order valence-corrected chi connectivity index (χ4v) is 5.75. The molecule has 2 heterocycles. The monoisotopic (exact) mass is 500 g/mol. The van der Waals surface area contributed by atoms with Crippen LogP contribution in [-0.2, 0) is 24.6 Å². The molecule has 33 heavy (non-hydrogen) atoms. The van der Waals surface area contributed by atoms with Crippen molar-refractivity contribution in [1.82, 2.24) is 14.9 Å². The van der Waals surface area contributed by atoms with Crippen LogP contribution in [0.15, 0.2) is 24.3 Å². The topological polar surface area (TPSA) is 55.0 Å². The van der Waals surface area contributed by atoms with E-state index in [1.807, 2.05) is 18.2 Å². The van der Waals surface area contributed by atoms with Crippen molar-refractivity contribution in [2.24, 2.45) is 5.73 Å². The van der Waals surface area contributed by atoms with Crippen LogP contribution < -0.4 is 5.73 Å². The second kappa shape index (κ2) is 9.33. The quantitative estimate of drug-likeness (QED) is 0.589. The Morgan fingerprint density at radius 3 is 2.45 bits per heavy atom. The minimum Gasteiger partial charge on any atom is -0.330 e. The van der Waals surface area contributed by atoms with E-state index in [9.17, 15) is 13.2 Å². The van der Waals surface area contributed by atoms with Crippen molar-refractivity contribution in [3.05, 3.63) is 57.6 Å². The van der Waals surface area contributed by atoms with Crippen LogP contribution in [0.1, 0.15) is 72.8 Å². The molecule has 0 amide bonds. The Bertz CT molecular complexity index is 1000. The van der Waals surface area contributed by atoms with Gasteiger partial charge in [-0.15, -0.1) is 12.4 Å². The van der Waals surface area contributed by atoms with Crippen LogP contribution in [0.2, 0.25) is 5.02 Å². The normalized spacial score (nSPS) is 25.9. The number of hydrogen-bond acceptors (Lipinski definition) is 4. The van der Waals surface area contributed by atoms with Crippen LogP contribution in [-0.4, -0.2) is 34.0 Å². The van der Waals surface area contributed by atoms with Crippen LogP contribution in [0, 0.1) is 0 Å². The van der Waals surface area contributed by atoms with Crippen LogP contribution in [0.3, 0.4) is 0 Å². The summed E-state index contributed by atoms with van der Waals surface area (Å²) in [5, 5.41) is 0.719. The first kappa shape index (κ1) is 24.7. The van der Waals surface area contributed by atoms with E-state index in [1.165, 1.54) is 5.56 Å². The second-order valence-corrected chi connectivity index (χ2v) is 10.0. The molecule has 3 aliphatic rings. The Morgan fingerprint density at radius 1 is 1.12 bits per heavy atom. The number of halogens is 5. The molecule has 0 spiro atoms. The number of nitrogens with zero attached hydrogens (tertiary/aromatic N) is 3. The molecule has 0 bridgehead atoms. The highest BCUT2D eigenvalue weighted by molar-refractivity contribution is 6.30. The standard InChI is InChI=1S/C24H28ClF3N4.ClH/c25-17-3-1-2-16(12-17)23(14-29)9-6-18(7-10-23)32-11-8-19-20(13-32)30-22(24(26,27)28)31-21(19)15-4-5-15;/h1-3,12,15,18H,4-11,13-14,29H2;1H/t18-,23+;. The number of nitrogens with two attached hydrogens (primary N) is 1. The summed E-state index contributed by atoms with van der Waals surface area (Å²) < 4.78 is 40.3. The molecular weight excluding hydrogens is 472 g/mol. The van der Waals surface area contributed by atoms with Gasteiger partial charge in [-0.2, -0.15) is 13.2 Å². The van der Waals surface area contributed by atoms with Crippen molar-refractivity contribution in [2.75, 3.05) is 13.1 Å². The van der Waals surface area contributed by atoms with E-state index in [2.05, 4.69) is 20.9 Å². The Kier molecular flexibility index (Phi) is 6.98. The lowest BCUT2D eigenvalue weighted by atomic mass is 9.68. The Labute approximate surface area is 203 Å². The third-order valence-electron chi connectivity index (χ3n) is 7.60. The van der Waals surface area contributed by atoms with Gasteiger partial charge in [-0.1, -0.05) is 23.7 Å². The third-order valence-corrected chi connectivity index (χ3v) is 7.84. The molecule has 0 radical (unpaired) electrons. The van der Waals surface area contributed by atoms with Crippen molar-refractivity contribution in [3.63, 3.8) is 0 Å². The maximum absolute atomic E-state index is 13.4. The van der Waals surface area contributed by atoms with Crippen molar-refractivity contribution in [3.8, 4) is 0 Å². The van der Waals surface area contributed by atoms with E-state index in [4.69, 9.17) is 17.3 Å². The molecule has 2 aromatic rings. The molecule has 1 aliphatic heterocycles. The first-order valence-corrected chi connectivity index (χ1v) is 11.8. The van der Waals surface area contributed by atoms with Gasteiger partial charge < -0.3 is 5.73 Å². The Hall–Kier alpha value is -1.41. The molecule has 1 aromatic carbocycles. The van der Waals surface area contributed by atoms with E-state index in [-0.39, 0.29) is 23.7 Å². The van der Waals surface area contributed by atoms with Crippen LogP contribution in [0.5, 0.6) is 0 Å². The fourth-order valence-electron chi connectivity index (χ4n) is 5.56. The summed E-state index contributed by atoms with van der Waals surface area (Å²) in [6.45, 7) is 1.88. The summed E-state index contributed by atoms with van der Waals surface area (Å²) in [5.74, 6) is -0.802. The van der Waals surface area contributed by atoms with E-state index in [0.717, 1.165) is 62.1 Å². The van der Waals surface area contributed by atoms with Gasteiger partial charge >= 0.3 is 6.18 Å². The second-order valence-electron chi connectivity index (χ2n) is 9.58. The molecule has 2 N–H and O–H groups in total. The lowest BCUT2D eigenvalue weighted by Crippen LogP contribution is -2.47. The SMILES string of the molecule is Cl.NC[C@]1(c2cccc(Cl)c2)CC[C@@H](N2CCc3c(nc(C(F)(F)F)nc3C3CC3)C2)CC1. The number of aromatic nitrogens is 2. The predicted octanol–water partition coefficient (Wildman–Crippen LogP) is 5.65. The van der Waals surface area contributed by atoms with Crippen molar-refractivity contribution in [2.45, 2.75) is 75.0 Å². The van der Waals surface area contributed by atoms with Crippen LogP contribution in [0.25, 0.3) is 0 Å². The molecule has 5 rings (SSSR count). The molecule has 9 heteroatoms. The summed E-state index contributed by atoms with van der Waals surface area (Å²) in [6, 6.07) is 8.29. The number of fused-ring (bicyclic) bond motifs is 1. The molecule has 4 nitrogen and oxygen atoms in total. The highest BCUT2D eigenvalue weighted by Crippen LogP contribution is 2.45. The van der Waals surface area contributed by atoms with E-state index in [1.54, 1.807) is 0 Å². The van der Waals surface area contributed by atoms with Gasteiger partial charge in [0.05, 0.1) is 11.4 Å². The van der Waals surface area contributed by atoms with Crippen LogP contribution in [0.4, 0.5) is 13.2 Å². The summed E-state index contributed by atoms with van der Waals surface area (Å²) in [4.78, 5) is 10.3. The zero-order valence-electron chi connectivity index (χ0n) is 18.4. The summed E-state index contributed by atoms with van der Waals surface area (Å²) in [7, 11) is 0. The summed E-state index contributed by atoms with van der Waals surface area (Å²) in [5.41, 5.74) is 9.52. The minimum atomic E-state index is -4.51. The summed E-state index contributed by atoms with van der Waals surface area (Å²) >= 11 is 6.22. The number of hydrogen-bond donors (Lipinski definition) is 1. The molecule has 180 valence electrons. The summed E-state index contributed by atoms with van der Waals surface area (Å²) in [6.07, 6.45) is 1.90. The molecular formula is C24H29Cl2F3N4. The largest absolute Gasteiger partial charge is 0.451 e. The van der Waals surface area contributed by atoms with Gasteiger partial charge in [0.1, 0.15) is 0 Å². The van der Waals surface area contributed by atoms with E-state index >= 15 is 0 Å². The van der Waals surface area contributed by atoms with E-state index < -0.39 is 12.0 Å². The molecule has 0 saturated heterocycles. The van der Waals surface area contributed by atoms with Gasteiger partial charge in [0.25, 0.3) is 0 Å². The van der Waals surface area contributed by atoms with Gasteiger partial charge in [-0.25, -0.2) is 9.97 Å². The lowest BCUT2D eigenvalue weighted by molar-refractivity contribution is -0.145. The first-order chi connectivity index (χ1) is 15.3. The highest BCUT2D eigenvalue weighted by Gasteiger charge is 2.42. The van der Waals surface area contributed by atoms with Gasteiger partial charge in [0.15, 0.2) is 0 Å². The van der Waals surface area contributed by atoms with Crippen LogP contribution >= 0.6 is 24.0 Å². The van der Waals surface area contributed by atoms with Gasteiger partial charge in [0.2, 0.25) is 5.82 Å². The highest BCUT2D eigenvalue weighted by atomic mass is 35.5. The average molecular weight is 501 g/mol. The fraction of sp³-hybridized carbons (Fsp3) is 0.583.